The van der Waals surface area contributed by atoms with E-state index >= 15 is 0 Å². The van der Waals surface area contributed by atoms with E-state index in [0.29, 0.717) is 18.5 Å². The zero-order chi connectivity index (χ0) is 17.7. The maximum Gasteiger partial charge on any atom is 0.219 e. The predicted octanol–water partition coefficient (Wildman–Crippen LogP) is 2.87. The van der Waals surface area contributed by atoms with Gasteiger partial charge in [0.2, 0.25) is 5.91 Å². The highest BCUT2D eigenvalue weighted by molar-refractivity contribution is 14.0. The lowest BCUT2D eigenvalue weighted by molar-refractivity contribution is -0.129. The van der Waals surface area contributed by atoms with Gasteiger partial charge in [0.05, 0.1) is 12.2 Å². The van der Waals surface area contributed by atoms with Crippen LogP contribution in [0.4, 0.5) is 0 Å². The molecule has 8 heteroatoms. The number of thiazole rings is 1. The molecule has 0 bridgehead atoms. The normalized spacial score (nSPS) is 15.9. The SMILES string of the molecule is CN=C(NCc1nc(C(C)C)c(C)s1)NC1CCN(C(C)=O)CC1.I. The molecule has 2 heterocycles. The molecule has 0 saturated carbocycles. The number of amides is 1. The largest absolute Gasteiger partial charge is 0.354 e. The summed E-state index contributed by atoms with van der Waals surface area (Å²) in [6.07, 6.45) is 1.91. The summed E-state index contributed by atoms with van der Waals surface area (Å²) in [5, 5.41) is 7.90. The Morgan fingerprint density at radius 3 is 2.52 bits per heavy atom. The van der Waals surface area contributed by atoms with Gasteiger partial charge in [-0.1, -0.05) is 13.8 Å². The van der Waals surface area contributed by atoms with E-state index in [1.807, 2.05) is 4.90 Å². The van der Waals surface area contributed by atoms with Crippen LogP contribution in [0.3, 0.4) is 0 Å². The summed E-state index contributed by atoms with van der Waals surface area (Å²) < 4.78 is 0. The molecule has 142 valence electrons. The molecule has 1 aromatic rings. The minimum absolute atomic E-state index is 0. The number of hydrogen-bond donors (Lipinski definition) is 2. The molecule has 0 unspecified atom stereocenters. The number of halogens is 1. The van der Waals surface area contributed by atoms with Gasteiger partial charge in [-0.2, -0.15) is 0 Å². The molecular weight excluding hydrogens is 449 g/mol. The van der Waals surface area contributed by atoms with E-state index < -0.39 is 0 Å². The first-order valence-electron chi connectivity index (χ1n) is 8.59. The molecule has 0 atom stereocenters. The standard InChI is InChI=1S/C17H29N5OS.HI/c1-11(2)16-12(3)24-15(21-16)10-19-17(18-5)20-14-6-8-22(9-7-14)13(4)23;/h11,14H,6-10H2,1-5H3,(H2,18,19,20);1H. The fraction of sp³-hybridized carbons (Fsp3) is 0.706. The summed E-state index contributed by atoms with van der Waals surface area (Å²) in [7, 11) is 1.78. The minimum atomic E-state index is 0. The smallest absolute Gasteiger partial charge is 0.219 e. The van der Waals surface area contributed by atoms with E-state index in [0.717, 1.165) is 36.9 Å². The number of carbonyl (C=O) groups excluding carboxylic acids is 1. The molecule has 1 aliphatic heterocycles. The van der Waals surface area contributed by atoms with Gasteiger partial charge < -0.3 is 15.5 Å². The molecular formula is C17H30IN5OS. The average molecular weight is 479 g/mol. The Kier molecular flexibility index (Phi) is 9.12. The van der Waals surface area contributed by atoms with E-state index in [1.165, 1.54) is 10.6 Å². The van der Waals surface area contributed by atoms with Crippen molar-refractivity contribution in [1.29, 1.82) is 0 Å². The zero-order valence-corrected chi connectivity index (χ0v) is 18.9. The maximum atomic E-state index is 11.4. The molecule has 2 rings (SSSR count). The van der Waals surface area contributed by atoms with Gasteiger partial charge in [0.1, 0.15) is 5.01 Å². The second-order valence-electron chi connectivity index (χ2n) is 6.55. The van der Waals surface area contributed by atoms with Crippen LogP contribution in [0, 0.1) is 6.92 Å². The monoisotopic (exact) mass is 479 g/mol. The van der Waals surface area contributed by atoms with Crippen molar-refractivity contribution in [1.82, 2.24) is 20.5 Å². The molecule has 1 saturated heterocycles. The number of nitrogens with zero attached hydrogens (tertiary/aromatic N) is 3. The van der Waals surface area contributed by atoms with Crippen molar-refractivity contribution in [2.45, 2.75) is 59.0 Å². The highest BCUT2D eigenvalue weighted by Gasteiger charge is 2.21. The van der Waals surface area contributed by atoms with Crippen molar-refractivity contribution >= 4 is 47.2 Å². The molecule has 1 aliphatic rings. The van der Waals surface area contributed by atoms with E-state index in [-0.39, 0.29) is 29.9 Å². The number of aromatic nitrogens is 1. The van der Waals surface area contributed by atoms with Crippen molar-refractivity contribution in [2.75, 3.05) is 20.1 Å². The molecule has 0 aliphatic carbocycles. The van der Waals surface area contributed by atoms with Crippen molar-refractivity contribution in [2.24, 2.45) is 4.99 Å². The topological polar surface area (TPSA) is 69.6 Å². The Morgan fingerprint density at radius 1 is 1.40 bits per heavy atom. The third-order valence-corrected chi connectivity index (χ3v) is 5.32. The molecule has 1 fully saturated rings. The van der Waals surface area contributed by atoms with Crippen molar-refractivity contribution in [3.05, 3.63) is 15.6 Å². The number of aliphatic imine (C=N–C) groups is 1. The van der Waals surface area contributed by atoms with Gasteiger partial charge in [0, 0.05) is 38.0 Å². The predicted molar refractivity (Wildman–Crippen MR) is 115 cm³/mol. The third-order valence-electron chi connectivity index (χ3n) is 4.34. The van der Waals surface area contributed by atoms with Crippen LogP contribution in [0.25, 0.3) is 0 Å². The maximum absolute atomic E-state index is 11.4. The number of guanidine groups is 1. The average Bonchev–Trinajstić information content (AvgIpc) is 2.93. The van der Waals surface area contributed by atoms with Crippen LogP contribution in [-0.4, -0.2) is 47.9 Å². The molecule has 1 amide bonds. The summed E-state index contributed by atoms with van der Waals surface area (Å²) in [6, 6.07) is 0.357. The number of hydrogen-bond acceptors (Lipinski definition) is 4. The fourth-order valence-electron chi connectivity index (χ4n) is 2.96. The van der Waals surface area contributed by atoms with Crippen LogP contribution in [0.15, 0.2) is 4.99 Å². The molecule has 0 aromatic carbocycles. The van der Waals surface area contributed by atoms with Crippen LogP contribution >= 0.6 is 35.3 Å². The minimum Gasteiger partial charge on any atom is -0.354 e. The number of carbonyl (C=O) groups is 1. The number of nitrogens with one attached hydrogen (secondary N) is 2. The van der Waals surface area contributed by atoms with Crippen LogP contribution in [0.2, 0.25) is 0 Å². The van der Waals surface area contributed by atoms with Crippen molar-refractivity contribution < 1.29 is 4.79 Å². The lowest BCUT2D eigenvalue weighted by Crippen LogP contribution is -2.49. The van der Waals surface area contributed by atoms with Crippen LogP contribution < -0.4 is 10.6 Å². The van der Waals surface area contributed by atoms with Gasteiger partial charge in [0.15, 0.2) is 5.96 Å². The third kappa shape index (κ3) is 6.40. The van der Waals surface area contributed by atoms with E-state index in [9.17, 15) is 4.79 Å². The molecule has 1 aromatic heterocycles. The molecule has 6 nitrogen and oxygen atoms in total. The van der Waals surface area contributed by atoms with Gasteiger partial charge in [-0.05, 0) is 25.7 Å². The van der Waals surface area contributed by atoms with Crippen LogP contribution in [0.1, 0.15) is 55.1 Å². The van der Waals surface area contributed by atoms with Gasteiger partial charge in [0.25, 0.3) is 0 Å². The zero-order valence-electron chi connectivity index (χ0n) is 15.8. The Balaban J connectivity index is 0.00000312. The Labute approximate surface area is 171 Å². The summed E-state index contributed by atoms with van der Waals surface area (Å²) >= 11 is 1.74. The quantitative estimate of drug-likeness (QED) is 0.396. The number of piperidine rings is 1. The molecule has 0 spiro atoms. The second kappa shape index (κ2) is 10.3. The lowest BCUT2D eigenvalue weighted by Gasteiger charge is -2.32. The lowest BCUT2D eigenvalue weighted by atomic mass is 10.1. The number of likely N-dealkylation sites (tertiary alicyclic amines) is 1. The summed E-state index contributed by atoms with van der Waals surface area (Å²) in [4.78, 5) is 23.6. The molecule has 2 N–H and O–H groups in total. The first kappa shape index (κ1) is 22.1. The fourth-order valence-corrected chi connectivity index (χ4v) is 3.99. The second-order valence-corrected chi connectivity index (χ2v) is 7.84. The van der Waals surface area contributed by atoms with Gasteiger partial charge >= 0.3 is 0 Å². The first-order valence-corrected chi connectivity index (χ1v) is 9.41. The Morgan fingerprint density at radius 2 is 2.04 bits per heavy atom. The Hall–Kier alpha value is -0.900. The van der Waals surface area contributed by atoms with Crippen LogP contribution in [0.5, 0.6) is 0 Å². The Bertz CT molecular complexity index is 594. The molecule has 25 heavy (non-hydrogen) atoms. The summed E-state index contributed by atoms with van der Waals surface area (Å²) in [5.41, 5.74) is 1.19. The summed E-state index contributed by atoms with van der Waals surface area (Å²) in [5.74, 6) is 1.42. The van der Waals surface area contributed by atoms with Gasteiger partial charge in [-0.25, -0.2) is 4.98 Å². The number of rotatable bonds is 4. The van der Waals surface area contributed by atoms with Crippen LogP contribution in [-0.2, 0) is 11.3 Å². The van der Waals surface area contributed by atoms with Crippen molar-refractivity contribution in [3.8, 4) is 0 Å². The van der Waals surface area contributed by atoms with E-state index in [1.54, 1.807) is 25.3 Å². The molecule has 0 radical (unpaired) electrons. The van der Waals surface area contributed by atoms with Gasteiger partial charge in [-0.15, -0.1) is 35.3 Å². The number of aryl methyl sites for hydroxylation is 1. The van der Waals surface area contributed by atoms with Crippen molar-refractivity contribution in [3.63, 3.8) is 0 Å². The van der Waals surface area contributed by atoms with Gasteiger partial charge in [-0.3, -0.25) is 9.79 Å². The summed E-state index contributed by atoms with van der Waals surface area (Å²) in [6.45, 7) is 10.4. The van der Waals surface area contributed by atoms with E-state index in [2.05, 4.69) is 36.4 Å². The van der Waals surface area contributed by atoms with E-state index in [4.69, 9.17) is 4.98 Å². The highest BCUT2D eigenvalue weighted by Crippen LogP contribution is 2.23. The highest BCUT2D eigenvalue weighted by atomic mass is 127. The first-order chi connectivity index (χ1) is 11.4.